The Labute approximate surface area is 146 Å². The van der Waals surface area contributed by atoms with Gasteiger partial charge in [0.15, 0.2) is 0 Å². The number of carbonyl (C=O) groups is 1. The first-order valence-corrected chi connectivity index (χ1v) is 9.25. The van der Waals surface area contributed by atoms with E-state index in [-0.39, 0.29) is 5.78 Å². The van der Waals surface area contributed by atoms with Gasteiger partial charge in [0.1, 0.15) is 9.71 Å². The third-order valence-corrected chi connectivity index (χ3v) is 5.95. The number of anilines is 1. The van der Waals surface area contributed by atoms with Gasteiger partial charge in [0.2, 0.25) is 5.78 Å². The zero-order valence-electron chi connectivity index (χ0n) is 12.4. The first-order chi connectivity index (χ1) is 11.1. The number of pyridine rings is 1. The zero-order chi connectivity index (χ0) is 16.0. The van der Waals surface area contributed by atoms with E-state index in [1.54, 1.807) is 0 Å². The Bertz CT molecular complexity index is 915. The Hall–Kier alpha value is -1.72. The molecule has 0 spiro atoms. The number of halogens is 1. The van der Waals surface area contributed by atoms with Crippen LogP contribution in [0.15, 0.2) is 34.8 Å². The maximum absolute atomic E-state index is 12.8. The lowest BCUT2D eigenvalue weighted by Gasteiger charge is -2.14. The van der Waals surface area contributed by atoms with Crippen LogP contribution in [-0.4, -0.2) is 10.8 Å². The summed E-state index contributed by atoms with van der Waals surface area (Å²) >= 11 is 4.79. The average molecular weight is 387 g/mol. The summed E-state index contributed by atoms with van der Waals surface area (Å²) in [5.74, 6) is -0.0315. The molecule has 0 radical (unpaired) electrons. The minimum atomic E-state index is -0.0315. The summed E-state index contributed by atoms with van der Waals surface area (Å²) < 4.78 is 0.952. The Morgan fingerprint density at radius 3 is 2.70 bits per heavy atom. The lowest BCUT2D eigenvalue weighted by Crippen LogP contribution is -2.05. The molecule has 23 heavy (non-hydrogen) atoms. The Morgan fingerprint density at radius 1 is 1.17 bits per heavy atom. The SMILES string of the molecule is Nc1c(C(=O)c2ccc(Br)cc2)sc2nc3c(cc12)CCCC3. The van der Waals surface area contributed by atoms with Crippen molar-refractivity contribution in [3.8, 4) is 0 Å². The first kappa shape index (κ1) is 14.8. The highest BCUT2D eigenvalue weighted by molar-refractivity contribution is 9.10. The predicted molar refractivity (Wildman–Crippen MR) is 98.2 cm³/mol. The largest absolute Gasteiger partial charge is 0.397 e. The molecule has 0 bridgehead atoms. The number of aryl methyl sites for hydroxylation is 2. The fourth-order valence-electron chi connectivity index (χ4n) is 3.06. The van der Waals surface area contributed by atoms with E-state index in [1.807, 2.05) is 24.3 Å². The highest BCUT2D eigenvalue weighted by Crippen LogP contribution is 2.36. The van der Waals surface area contributed by atoms with E-state index in [9.17, 15) is 4.79 Å². The normalized spacial score (nSPS) is 14.0. The van der Waals surface area contributed by atoms with Crippen LogP contribution in [0.3, 0.4) is 0 Å². The molecule has 1 aliphatic carbocycles. The molecule has 0 aliphatic heterocycles. The van der Waals surface area contributed by atoms with Gasteiger partial charge in [0.05, 0.1) is 5.69 Å². The molecule has 3 nitrogen and oxygen atoms in total. The van der Waals surface area contributed by atoms with Crippen LogP contribution in [0.4, 0.5) is 5.69 Å². The second-order valence-corrected chi connectivity index (χ2v) is 7.75. The van der Waals surface area contributed by atoms with E-state index in [0.29, 0.717) is 16.1 Å². The fraction of sp³-hybridized carbons (Fsp3) is 0.222. The number of nitrogens with zero attached hydrogens (tertiary/aromatic N) is 1. The molecule has 2 heterocycles. The van der Waals surface area contributed by atoms with Crippen molar-refractivity contribution in [3.05, 3.63) is 56.5 Å². The summed E-state index contributed by atoms with van der Waals surface area (Å²) in [5.41, 5.74) is 9.96. The number of rotatable bonds is 2. The highest BCUT2D eigenvalue weighted by atomic mass is 79.9. The molecule has 0 fully saturated rings. The van der Waals surface area contributed by atoms with E-state index in [4.69, 9.17) is 10.7 Å². The zero-order valence-corrected chi connectivity index (χ0v) is 14.8. The number of ketones is 1. The lowest BCUT2D eigenvalue weighted by molar-refractivity contribution is 0.104. The number of hydrogen-bond donors (Lipinski definition) is 1. The quantitative estimate of drug-likeness (QED) is 0.646. The van der Waals surface area contributed by atoms with E-state index >= 15 is 0 Å². The summed E-state index contributed by atoms with van der Waals surface area (Å²) in [5, 5.41) is 0.927. The van der Waals surface area contributed by atoms with Gasteiger partial charge in [-0.25, -0.2) is 4.98 Å². The molecule has 0 saturated carbocycles. The summed E-state index contributed by atoms with van der Waals surface area (Å²) in [7, 11) is 0. The van der Waals surface area contributed by atoms with Gasteiger partial charge in [-0.2, -0.15) is 0 Å². The van der Waals surface area contributed by atoms with E-state index in [2.05, 4.69) is 22.0 Å². The van der Waals surface area contributed by atoms with Crippen molar-refractivity contribution in [2.45, 2.75) is 25.7 Å². The molecule has 0 atom stereocenters. The van der Waals surface area contributed by atoms with Gasteiger partial charge in [-0.15, -0.1) is 11.3 Å². The molecule has 0 saturated heterocycles. The lowest BCUT2D eigenvalue weighted by atomic mass is 9.95. The number of benzene rings is 1. The fourth-order valence-corrected chi connectivity index (χ4v) is 4.38. The molecule has 1 aromatic carbocycles. The molecule has 1 aliphatic rings. The number of hydrogen-bond acceptors (Lipinski definition) is 4. The number of carbonyl (C=O) groups excluding carboxylic acids is 1. The maximum atomic E-state index is 12.8. The number of aromatic nitrogens is 1. The highest BCUT2D eigenvalue weighted by Gasteiger charge is 2.21. The van der Waals surface area contributed by atoms with Crippen molar-refractivity contribution in [2.24, 2.45) is 0 Å². The van der Waals surface area contributed by atoms with Crippen LogP contribution in [0.2, 0.25) is 0 Å². The van der Waals surface area contributed by atoms with Gasteiger partial charge < -0.3 is 5.73 Å². The van der Waals surface area contributed by atoms with Crippen LogP contribution >= 0.6 is 27.3 Å². The molecule has 4 rings (SSSR count). The van der Waals surface area contributed by atoms with E-state index in [0.717, 1.165) is 27.5 Å². The van der Waals surface area contributed by atoms with Crippen molar-refractivity contribution in [1.29, 1.82) is 0 Å². The van der Waals surface area contributed by atoms with Crippen molar-refractivity contribution >= 4 is 49.0 Å². The molecule has 2 N–H and O–H groups in total. The second-order valence-electron chi connectivity index (χ2n) is 5.83. The standard InChI is InChI=1S/C18H15BrN2OS/c19-12-7-5-10(6-8-12)16(22)17-15(20)13-9-11-3-1-2-4-14(11)21-18(13)23-17/h5-9H,1-4,20H2. The molecule has 5 heteroatoms. The van der Waals surface area contributed by atoms with Crippen LogP contribution in [0.1, 0.15) is 39.3 Å². The summed E-state index contributed by atoms with van der Waals surface area (Å²) in [6, 6.07) is 9.51. The van der Waals surface area contributed by atoms with Crippen LogP contribution in [0.25, 0.3) is 10.2 Å². The minimum Gasteiger partial charge on any atom is -0.397 e. The van der Waals surface area contributed by atoms with Gasteiger partial charge >= 0.3 is 0 Å². The minimum absolute atomic E-state index is 0.0315. The summed E-state index contributed by atoms with van der Waals surface area (Å²) in [6.07, 6.45) is 4.48. The van der Waals surface area contributed by atoms with Crippen molar-refractivity contribution in [2.75, 3.05) is 5.73 Å². The summed E-state index contributed by atoms with van der Waals surface area (Å²) in [4.78, 5) is 19.0. The molecule has 116 valence electrons. The topological polar surface area (TPSA) is 56.0 Å². The maximum Gasteiger partial charge on any atom is 0.205 e. The third-order valence-electron chi connectivity index (χ3n) is 4.31. The van der Waals surface area contributed by atoms with Crippen molar-refractivity contribution in [1.82, 2.24) is 4.98 Å². The van der Waals surface area contributed by atoms with Crippen LogP contribution in [0, 0.1) is 0 Å². The van der Waals surface area contributed by atoms with Crippen LogP contribution < -0.4 is 5.73 Å². The van der Waals surface area contributed by atoms with Gasteiger partial charge in [0.25, 0.3) is 0 Å². The third kappa shape index (κ3) is 2.58. The van der Waals surface area contributed by atoms with Gasteiger partial charge in [0, 0.05) is 21.1 Å². The molecular formula is C18H15BrN2OS. The second kappa shape index (κ2) is 5.73. The Balaban J connectivity index is 1.82. The molecule has 3 aromatic rings. The number of nitrogens with two attached hydrogens (primary N) is 1. The average Bonchev–Trinajstić information content (AvgIpc) is 2.89. The van der Waals surface area contributed by atoms with Crippen molar-refractivity contribution < 1.29 is 4.79 Å². The van der Waals surface area contributed by atoms with Gasteiger partial charge in [-0.3, -0.25) is 4.79 Å². The molecule has 0 unspecified atom stereocenters. The molecule has 0 amide bonds. The smallest absolute Gasteiger partial charge is 0.205 e. The monoisotopic (exact) mass is 386 g/mol. The number of nitrogen functional groups attached to an aromatic ring is 1. The van der Waals surface area contributed by atoms with Crippen molar-refractivity contribution in [3.63, 3.8) is 0 Å². The van der Waals surface area contributed by atoms with E-state index in [1.165, 1.54) is 35.4 Å². The number of thiophene rings is 1. The predicted octanol–water partition coefficient (Wildman–Crippen LogP) is 4.75. The van der Waals surface area contributed by atoms with Crippen LogP contribution in [0.5, 0.6) is 0 Å². The van der Waals surface area contributed by atoms with Gasteiger partial charge in [-0.1, -0.05) is 15.9 Å². The first-order valence-electron chi connectivity index (χ1n) is 7.64. The van der Waals surface area contributed by atoms with Crippen LogP contribution in [-0.2, 0) is 12.8 Å². The summed E-state index contributed by atoms with van der Waals surface area (Å²) in [6.45, 7) is 0. The van der Waals surface area contributed by atoms with Gasteiger partial charge in [-0.05, 0) is 61.6 Å². The Morgan fingerprint density at radius 2 is 1.91 bits per heavy atom. The number of fused-ring (bicyclic) bond motifs is 2. The molecular weight excluding hydrogens is 372 g/mol. The molecule has 2 aromatic heterocycles. The van der Waals surface area contributed by atoms with E-state index < -0.39 is 0 Å². The Kier molecular flexibility index (Phi) is 3.70.